The molecule has 0 atom stereocenters. The van der Waals surface area contributed by atoms with Crippen molar-refractivity contribution in [2.24, 2.45) is 0 Å². The molecule has 0 bridgehead atoms. The zero-order valence-corrected chi connectivity index (χ0v) is 10.2. The molecule has 0 saturated heterocycles. The molecule has 1 aromatic carbocycles. The maximum atomic E-state index is 11.9. The third-order valence-electron chi connectivity index (χ3n) is 2.40. The van der Waals surface area contributed by atoms with Gasteiger partial charge in [0.25, 0.3) is 5.91 Å². The summed E-state index contributed by atoms with van der Waals surface area (Å²) in [6.07, 6.45) is 3.12. The second kappa shape index (κ2) is 6.51. The molecule has 0 saturated carbocycles. The molecule has 1 amide bonds. The number of rotatable bonds is 5. The van der Waals surface area contributed by atoms with Crippen molar-refractivity contribution in [3.05, 3.63) is 54.4 Å². The van der Waals surface area contributed by atoms with Crippen LogP contribution in [0.15, 0.2) is 48.8 Å². The second-order valence-electron chi connectivity index (χ2n) is 3.79. The first kappa shape index (κ1) is 13.0. The minimum absolute atomic E-state index is 0.0283. The average molecular weight is 258 g/mol. The summed E-state index contributed by atoms with van der Waals surface area (Å²) in [5.41, 5.74) is 1.17. The van der Waals surface area contributed by atoms with Crippen LogP contribution in [0.4, 0.5) is 5.69 Å². The SMILES string of the molecule is O=C(Nc1ccc(OCCO)cc1)c1cccnc1. The Bertz CT molecular complexity index is 526. The van der Waals surface area contributed by atoms with Crippen molar-refractivity contribution in [3.63, 3.8) is 0 Å². The highest BCUT2D eigenvalue weighted by molar-refractivity contribution is 6.04. The minimum Gasteiger partial charge on any atom is -0.491 e. The molecule has 0 spiro atoms. The number of anilines is 1. The Balaban J connectivity index is 1.98. The first-order valence-electron chi connectivity index (χ1n) is 5.84. The van der Waals surface area contributed by atoms with Crippen molar-refractivity contribution in [3.8, 4) is 5.75 Å². The van der Waals surface area contributed by atoms with Crippen molar-refractivity contribution in [1.82, 2.24) is 4.98 Å². The van der Waals surface area contributed by atoms with E-state index in [0.29, 0.717) is 17.0 Å². The van der Waals surface area contributed by atoms with Crippen molar-refractivity contribution in [1.29, 1.82) is 0 Å². The molecule has 1 heterocycles. The number of aliphatic hydroxyl groups is 1. The number of aliphatic hydroxyl groups excluding tert-OH is 1. The fourth-order valence-corrected chi connectivity index (χ4v) is 1.50. The van der Waals surface area contributed by atoms with E-state index < -0.39 is 0 Å². The number of hydrogen-bond donors (Lipinski definition) is 2. The molecule has 1 aromatic heterocycles. The Labute approximate surface area is 110 Å². The molecule has 0 unspecified atom stereocenters. The number of nitrogens with one attached hydrogen (secondary N) is 1. The van der Waals surface area contributed by atoms with Gasteiger partial charge in [0.05, 0.1) is 12.2 Å². The zero-order chi connectivity index (χ0) is 13.5. The zero-order valence-electron chi connectivity index (χ0n) is 10.2. The van der Waals surface area contributed by atoms with Crippen molar-refractivity contribution >= 4 is 11.6 Å². The summed E-state index contributed by atoms with van der Waals surface area (Å²) in [6.45, 7) is 0.223. The molecular formula is C14H14N2O3. The van der Waals surface area contributed by atoms with Gasteiger partial charge >= 0.3 is 0 Å². The van der Waals surface area contributed by atoms with Gasteiger partial charge in [-0.25, -0.2) is 0 Å². The van der Waals surface area contributed by atoms with Gasteiger partial charge in [-0.3, -0.25) is 9.78 Å². The summed E-state index contributed by atoms with van der Waals surface area (Å²) in [4.78, 5) is 15.7. The van der Waals surface area contributed by atoms with Crippen LogP contribution in [0.1, 0.15) is 10.4 Å². The predicted octanol–water partition coefficient (Wildman–Crippen LogP) is 1.70. The molecule has 2 N–H and O–H groups in total. The minimum atomic E-state index is -0.211. The monoisotopic (exact) mass is 258 g/mol. The Kier molecular flexibility index (Phi) is 4.47. The molecule has 0 aliphatic carbocycles. The maximum Gasteiger partial charge on any atom is 0.257 e. The van der Waals surface area contributed by atoms with Crippen LogP contribution in [-0.4, -0.2) is 29.2 Å². The fraction of sp³-hybridized carbons (Fsp3) is 0.143. The lowest BCUT2D eigenvalue weighted by Crippen LogP contribution is -2.11. The Morgan fingerprint density at radius 3 is 2.68 bits per heavy atom. The van der Waals surface area contributed by atoms with E-state index in [2.05, 4.69) is 10.3 Å². The molecule has 2 rings (SSSR count). The number of amides is 1. The number of carbonyl (C=O) groups excluding carboxylic acids is 1. The van der Waals surface area contributed by atoms with E-state index in [1.54, 1.807) is 42.6 Å². The topological polar surface area (TPSA) is 71.5 Å². The number of aromatic nitrogens is 1. The highest BCUT2D eigenvalue weighted by Crippen LogP contribution is 2.16. The van der Waals surface area contributed by atoms with Crippen LogP contribution in [-0.2, 0) is 0 Å². The lowest BCUT2D eigenvalue weighted by Gasteiger charge is -2.07. The molecule has 5 nitrogen and oxygen atoms in total. The Morgan fingerprint density at radius 1 is 1.26 bits per heavy atom. The first-order chi connectivity index (χ1) is 9.29. The molecule has 0 aliphatic rings. The number of benzene rings is 1. The van der Waals surface area contributed by atoms with E-state index in [1.807, 2.05) is 0 Å². The molecule has 98 valence electrons. The van der Waals surface area contributed by atoms with Gasteiger partial charge in [0.15, 0.2) is 0 Å². The van der Waals surface area contributed by atoms with Gasteiger partial charge in [-0.1, -0.05) is 0 Å². The van der Waals surface area contributed by atoms with Gasteiger partial charge in [-0.15, -0.1) is 0 Å². The predicted molar refractivity (Wildman–Crippen MR) is 71.2 cm³/mol. The third kappa shape index (κ3) is 3.79. The lowest BCUT2D eigenvalue weighted by molar-refractivity contribution is 0.102. The van der Waals surface area contributed by atoms with E-state index in [-0.39, 0.29) is 19.1 Å². The molecule has 5 heteroatoms. The summed E-state index contributed by atoms with van der Waals surface area (Å²) < 4.78 is 5.23. The Hall–Kier alpha value is -2.40. The number of nitrogens with zero attached hydrogens (tertiary/aromatic N) is 1. The van der Waals surface area contributed by atoms with E-state index in [9.17, 15) is 4.79 Å². The number of pyridine rings is 1. The standard InChI is InChI=1S/C14H14N2O3/c17-8-9-19-13-5-3-12(4-6-13)16-14(18)11-2-1-7-15-10-11/h1-7,10,17H,8-9H2,(H,16,18). The van der Waals surface area contributed by atoms with Crippen LogP contribution in [0.5, 0.6) is 5.75 Å². The molecule has 2 aromatic rings. The number of carbonyl (C=O) groups is 1. The number of hydrogen-bond acceptors (Lipinski definition) is 4. The third-order valence-corrected chi connectivity index (χ3v) is 2.40. The van der Waals surface area contributed by atoms with Gasteiger partial charge in [-0.2, -0.15) is 0 Å². The lowest BCUT2D eigenvalue weighted by atomic mass is 10.2. The molecule has 0 fully saturated rings. The Morgan fingerprint density at radius 2 is 2.05 bits per heavy atom. The van der Waals surface area contributed by atoms with E-state index in [1.165, 1.54) is 6.20 Å². The average Bonchev–Trinajstić information content (AvgIpc) is 2.47. The second-order valence-corrected chi connectivity index (χ2v) is 3.79. The summed E-state index contributed by atoms with van der Waals surface area (Å²) in [6, 6.07) is 10.3. The van der Waals surface area contributed by atoms with E-state index in [4.69, 9.17) is 9.84 Å². The summed E-state index contributed by atoms with van der Waals surface area (Å²) in [7, 11) is 0. The molecule has 0 radical (unpaired) electrons. The largest absolute Gasteiger partial charge is 0.491 e. The summed E-state index contributed by atoms with van der Waals surface area (Å²) in [5.74, 6) is 0.436. The highest BCUT2D eigenvalue weighted by atomic mass is 16.5. The maximum absolute atomic E-state index is 11.9. The van der Waals surface area contributed by atoms with Crippen LogP contribution in [0.3, 0.4) is 0 Å². The normalized spacial score (nSPS) is 9.95. The van der Waals surface area contributed by atoms with Crippen LogP contribution < -0.4 is 10.1 Å². The van der Waals surface area contributed by atoms with Gasteiger partial charge in [-0.05, 0) is 36.4 Å². The molecule has 0 aliphatic heterocycles. The van der Waals surface area contributed by atoms with E-state index >= 15 is 0 Å². The van der Waals surface area contributed by atoms with E-state index in [0.717, 1.165) is 0 Å². The van der Waals surface area contributed by atoms with Crippen LogP contribution in [0.25, 0.3) is 0 Å². The summed E-state index contributed by atoms with van der Waals surface area (Å²) >= 11 is 0. The summed E-state index contributed by atoms with van der Waals surface area (Å²) in [5, 5.41) is 11.4. The van der Waals surface area contributed by atoms with Gasteiger partial charge in [0, 0.05) is 18.1 Å². The van der Waals surface area contributed by atoms with Crippen molar-refractivity contribution < 1.29 is 14.6 Å². The van der Waals surface area contributed by atoms with Gasteiger partial charge < -0.3 is 15.2 Å². The van der Waals surface area contributed by atoms with Crippen molar-refractivity contribution in [2.75, 3.05) is 18.5 Å². The molecule has 19 heavy (non-hydrogen) atoms. The van der Waals surface area contributed by atoms with Gasteiger partial charge in [0.1, 0.15) is 12.4 Å². The van der Waals surface area contributed by atoms with Gasteiger partial charge in [0.2, 0.25) is 0 Å². The first-order valence-corrected chi connectivity index (χ1v) is 5.84. The van der Waals surface area contributed by atoms with Crippen molar-refractivity contribution in [2.45, 2.75) is 0 Å². The van der Waals surface area contributed by atoms with Crippen LogP contribution >= 0.6 is 0 Å². The fourth-order valence-electron chi connectivity index (χ4n) is 1.50. The highest BCUT2D eigenvalue weighted by Gasteiger charge is 2.05. The smallest absolute Gasteiger partial charge is 0.257 e. The number of ether oxygens (including phenoxy) is 1. The van der Waals surface area contributed by atoms with Crippen LogP contribution in [0, 0.1) is 0 Å². The molecular weight excluding hydrogens is 244 g/mol. The van der Waals surface area contributed by atoms with Crippen LogP contribution in [0.2, 0.25) is 0 Å². The quantitative estimate of drug-likeness (QED) is 0.856.